The molecule has 72 valence electrons. The predicted molar refractivity (Wildman–Crippen MR) is 43.2 cm³/mol. The maximum atomic E-state index is 12.1. The lowest BCUT2D eigenvalue weighted by Gasteiger charge is -2.09. The van der Waals surface area contributed by atoms with Crippen molar-refractivity contribution in [3.05, 3.63) is 18.0 Å². The molecule has 0 aliphatic carbocycles. The third-order valence-corrected chi connectivity index (χ3v) is 1.49. The predicted octanol–water partition coefficient (Wildman–Crippen LogP) is 1.72. The van der Waals surface area contributed by atoms with Crippen LogP contribution in [0, 0.1) is 0 Å². The van der Waals surface area contributed by atoms with Crippen molar-refractivity contribution in [3.8, 4) is 0 Å². The van der Waals surface area contributed by atoms with Gasteiger partial charge in [0, 0.05) is 7.05 Å². The smallest absolute Gasteiger partial charge is 0.396 e. The molecule has 13 heavy (non-hydrogen) atoms. The first-order valence-corrected chi connectivity index (χ1v) is 3.45. The Bertz CT molecular complexity index is 308. The monoisotopic (exact) mass is 191 g/mol. The highest BCUT2D eigenvalue weighted by Gasteiger charge is 2.32. The topological polar surface area (TPSA) is 50.9 Å². The van der Waals surface area contributed by atoms with Crippen LogP contribution >= 0.6 is 0 Å². The molecule has 1 aromatic rings. The number of hydrogen-bond donors (Lipinski definition) is 2. The van der Waals surface area contributed by atoms with Gasteiger partial charge in [-0.2, -0.15) is 13.2 Å². The summed E-state index contributed by atoms with van der Waals surface area (Å²) >= 11 is 0. The fraction of sp³-hybridized carbons (Fsp3) is 0.286. The van der Waals surface area contributed by atoms with Crippen molar-refractivity contribution in [2.24, 2.45) is 0 Å². The van der Waals surface area contributed by atoms with E-state index < -0.39 is 11.9 Å². The number of nitrogens with zero attached hydrogens (tertiary/aromatic N) is 1. The van der Waals surface area contributed by atoms with Crippen LogP contribution in [0.1, 0.15) is 5.69 Å². The highest BCUT2D eigenvalue weighted by atomic mass is 19.4. The molecule has 0 aromatic carbocycles. The van der Waals surface area contributed by atoms with Crippen molar-refractivity contribution in [1.82, 2.24) is 4.98 Å². The van der Waals surface area contributed by atoms with Gasteiger partial charge in [-0.1, -0.05) is 0 Å². The van der Waals surface area contributed by atoms with E-state index in [2.05, 4.69) is 10.3 Å². The summed E-state index contributed by atoms with van der Waals surface area (Å²) in [5, 5.41) is 2.54. The van der Waals surface area contributed by atoms with Crippen LogP contribution in [0.25, 0.3) is 0 Å². The van der Waals surface area contributed by atoms with E-state index in [-0.39, 0.29) is 11.4 Å². The quantitative estimate of drug-likeness (QED) is 0.710. The number of hydrogen-bond acceptors (Lipinski definition) is 3. The third kappa shape index (κ3) is 2.01. The minimum atomic E-state index is -4.43. The zero-order valence-corrected chi connectivity index (χ0v) is 6.81. The minimum absolute atomic E-state index is 0.190. The minimum Gasteiger partial charge on any atom is -0.396 e. The first-order valence-electron chi connectivity index (χ1n) is 3.45. The number of halogens is 3. The number of rotatable bonds is 1. The molecule has 6 heteroatoms. The van der Waals surface area contributed by atoms with Gasteiger partial charge in [0.05, 0.1) is 17.6 Å². The summed E-state index contributed by atoms with van der Waals surface area (Å²) < 4.78 is 36.3. The van der Waals surface area contributed by atoms with Crippen LogP contribution in [0.15, 0.2) is 12.3 Å². The summed E-state index contributed by atoms with van der Waals surface area (Å²) in [5.74, 6) is 0. The molecule has 1 aromatic heterocycles. The molecule has 0 bridgehead atoms. The van der Waals surface area contributed by atoms with Crippen LogP contribution in [-0.2, 0) is 6.18 Å². The second kappa shape index (κ2) is 3.12. The fourth-order valence-corrected chi connectivity index (χ4v) is 0.837. The van der Waals surface area contributed by atoms with Gasteiger partial charge < -0.3 is 11.1 Å². The SMILES string of the molecule is CNc1cc(C(F)(F)F)ncc1N. The zero-order chi connectivity index (χ0) is 10.1. The molecule has 1 rings (SSSR count). The lowest BCUT2D eigenvalue weighted by Crippen LogP contribution is -2.09. The summed E-state index contributed by atoms with van der Waals surface area (Å²) in [7, 11) is 1.49. The van der Waals surface area contributed by atoms with Crippen molar-refractivity contribution in [2.45, 2.75) is 6.18 Å². The number of nitrogens with two attached hydrogens (primary N) is 1. The average molecular weight is 191 g/mol. The lowest BCUT2D eigenvalue weighted by atomic mass is 10.3. The van der Waals surface area contributed by atoms with E-state index in [0.717, 1.165) is 12.3 Å². The Morgan fingerprint density at radius 1 is 1.46 bits per heavy atom. The third-order valence-electron chi connectivity index (χ3n) is 1.49. The standard InChI is InChI=1S/C7H8F3N3/c1-12-5-2-6(7(8,9)10)13-3-4(5)11/h2-3H,11H2,1H3,(H,12,13). The molecule has 0 atom stereocenters. The molecule has 3 nitrogen and oxygen atoms in total. The maximum absolute atomic E-state index is 12.1. The number of nitrogen functional groups attached to an aromatic ring is 1. The molecule has 0 radical (unpaired) electrons. The Balaban J connectivity index is 3.14. The molecular formula is C7H8F3N3. The molecule has 0 spiro atoms. The summed E-state index contributed by atoms with van der Waals surface area (Å²) in [6.45, 7) is 0. The molecular weight excluding hydrogens is 183 g/mol. The maximum Gasteiger partial charge on any atom is 0.433 e. The van der Waals surface area contributed by atoms with Crippen molar-refractivity contribution in [1.29, 1.82) is 0 Å². The Hall–Kier alpha value is -1.46. The normalized spacial score (nSPS) is 11.4. The molecule has 0 saturated carbocycles. The first kappa shape index (κ1) is 9.63. The molecule has 0 aliphatic rings. The molecule has 0 amide bonds. The van der Waals surface area contributed by atoms with Gasteiger partial charge >= 0.3 is 6.18 Å². The van der Waals surface area contributed by atoms with Gasteiger partial charge in [-0.25, -0.2) is 4.98 Å². The summed E-state index contributed by atoms with van der Waals surface area (Å²) in [5.41, 5.74) is 4.81. The van der Waals surface area contributed by atoms with Gasteiger partial charge in [0.15, 0.2) is 0 Å². The molecule has 0 saturated heterocycles. The second-order valence-corrected chi connectivity index (χ2v) is 2.40. The van der Waals surface area contributed by atoms with E-state index in [1.807, 2.05) is 0 Å². The lowest BCUT2D eigenvalue weighted by molar-refractivity contribution is -0.141. The summed E-state index contributed by atoms with van der Waals surface area (Å²) in [6.07, 6.45) is -3.45. The van der Waals surface area contributed by atoms with Crippen molar-refractivity contribution < 1.29 is 13.2 Å². The van der Waals surface area contributed by atoms with Gasteiger partial charge in [0.1, 0.15) is 5.69 Å². The second-order valence-electron chi connectivity index (χ2n) is 2.40. The number of aromatic nitrogens is 1. The van der Waals surface area contributed by atoms with Gasteiger partial charge in [0.25, 0.3) is 0 Å². The molecule has 1 heterocycles. The van der Waals surface area contributed by atoms with E-state index in [4.69, 9.17) is 5.73 Å². The Labute approximate surface area is 72.8 Å². The van der Waals surface area contributed by atoms with Crippen LogP contribution in [0.2, 0.25) is 0 Å². The molecule has 0 unspecified atom stereocenters. The molecule has 0 aliphatic heterocycles. The van der Waals surface area contributed by atoms with E-state index >= 15 is 0 Å². The Morgan fingerprint density at radius 2 is 2.08 bits per heavy atom. The largest absolute Gasteiger partial charge is 0.433 e. The number of pyridine rings is 1. The van der Waals surface area contributed by atoms with E-state index in [9.17, 15) is 13.2 Å². The number of nitrogens with one attached hydrogen (secondary N) is 1. The van der Waals surface area contributed by atoms with Crippen molar-refractivity contribution in [3.63, 3.8) is 0 Å². The summed E-state index contributed by atoms with van der Waals surface area (Å²) in [4.78, 5) is 3.17. The van der Waals surface area contributed by atoms with Crippen LogP contribution in [-0.4, -0.2) is 12.0 Å². The van der Waals surface area contributed by atoms with Gasteiger partial charge in [-0.05, 0) is 6.07 Å². The summed E-state index contributed by atoms with van der Waals surface area (Å²) in [6, 6.07) is 0.870. The van der Waals surface area contributed by atoms with E-state index in [1.165, 1.54) is 7.05 Å². The highest BCUT2D eigenvalue weighted by Crippen LogP contribution is 2.30. The van der Waals surface area contributed by atoms with Crippen molar-refractivity contribution >= 4 is 11.4 Å². The van der Waals surface area contributed by atoms with E-state index in [1.54, 1.807) is 0 Å². The number of anilines is 2. The Kier molecular flexibility index (Phi) is 2.31. The van der Waals surface area contributed by atoms with Gasteiger partial charge in [-0.15, -0.1) is 0 Å². The van der Waals surface area contributed by atoms with Crippen LogP contribution in [0.5, 0.6) is 0 Å². The van der Waals surface area contributed by atoms with Gasteiger partial charge in [-0.3, -0.25) is 0 Å². The van der Waals surface area contributed by atoms with Crippen LogP contribution in [0.3, 0.4) is 0 Å². The zero-order valence-electron chi connectivity index (χ0n) is 6.81. The molecule has 3 N–H and O–H groups in total. The number of alkyl halides is 3. The van der Waals surface area contributed by atoms with E-state index in [0.29, 0.717) is 0 Å². The van der Waals surface area contributed by atoms with Crippen LogP contribution < -0.4 is 11.1 Å². The highest BCUT2D eigenvalue weighted by molar-refractivity contribution is 5.64. The van der Waals surface area contributed by atoms with Crippen LogP contribution in [0.4, 0.5) is 24.5 Å². The Morgan fingerprint density at radius 3 is 2.54 bits per heavy atom. The van der Waals surface area contributed by atoms with Crippen molar-refractivity contribution in [2.75, 3.05) is 18.1 Å². The molecule has 0 fully saturated rings. The van der Waals surface area contributed by atoms with Gasteiger partial charge in [0.2, 0.25) is 0 Å². The fourth-order valence-electron chi connectivity index (χ4n) is 0.837. The first-order chi connectivity index (χ1) is 5.95. The average Bonchev–Trinajstić information content (AvgIpc) is 2.03.